The van der Waals surface area contributed by atoms with Gasteiger partial charge in [-0.2, -0.15) is 0 Å². The van der Waals surface area contributed by atoms with E-state index in [1.165, 1.54) is 6.07 Å². The van der Waals surface area contributed by atoms with E-state index >= 15 is 0 Å². The smallest absolute Gasteiger partial charge is 0.129 e. The lowest BCUT2D eigenvalue weighted by molar-refractivity contribution is 0.605. The molecule has 2 aromatic rings. The number of halogens is 5. The lowest BCUT2D eigenvalue weighted by atomic mass is 10.0. The quantitative estimate of drug-likeness (QED) is 0.387. The average molecular weight is 427 g/mol. The highest BCUT2D eigenvalue weighted by atomic mass is 79.9. The Labute approximate surface area is 138 Å². The van der Waals surface area contributed by atoms with Gasteiger partial charge in [-0.25, -0.2) is 4.39 Å². The molecule has 1 atom stereocenters. The van der Waals surface area contributed by atoms with E-state index in [-0.39, 0.29) is 5.82 Å². The Balaban J connectivity index is 2.25. The maximum absolute atomic E-state index is 13.9. The van der Waals surface area contributed by atoms with Crippen LogP contribution in [0.3, 0.4) is 0 Å². The third-order valence-electron chi connectivity index (χ3n) is 2.68. The minimum atomic E-state index is -0.458. The normalized spacial score (nSPS) is 12.5. The largest absolute Gasteiger partial charge is 0.207 e. The van der Waals surface area contributed by atoms with Crippen LogP contribution in [0.1, 0.15) is 16.5 Å². The fraction of sp³-hybridized carbons (Fsp3) is 0.143. The molecule has 0 aromatic heterocycles. The maximum Gasteiger partial charge on any atom is 0.129 e. The van der Waals surface area contributed by atoms with Crippen LogP contribution in [0.5, 0.6) is 0 Å². The third kappa shape index (κ3) is 3.94. The Kier molecular flexibility index (Phi) is 5.29. The highest BCUT2D eigenvalue weighted by molar-refractivity contribution is 9.10. The Morgan fingerprint density at radius 3 is 2.58 bits per heavy atom. The van der Waals surface area contributed by atoms with E-state index in [2.05, 4.69) is 31.9 Å². The molecule has 0 radical (unpaired) electrons. The molecule has 0 aliphatic rings. The topological polar surface area (TPSA) is 0 Å². The predicted molar refractivity (Wildman–Crippen MR) is 85.6 cm³/mol. The Morgan fingerprint density at radius 2 is 1.89 bits per heavy atom. The number of hydrogen-bond acceptors (Lipinski definition) is 0. The monoisotopic (exact) mass is 424 g/mol. The van der Waals surface area contributed by atoms with Crippen LogP contribution in [0.4, 0.5) is 4.39 Å². The number of hydrogen-bond donors (Lipinski definition) is 0. The van der Waals surface area contributed by atoms with Crippen LogP contribution in [0.15, 0.2) is 45.3 Å². The lowest BCUT2D eigenvalue weighted by Crippen LogP contribution is -1.99. The van der Waals surface area contributed by atoms with E-state index in [0.717, 1.165) is 10.0 Å². The molecule has 0 aliphatic carbocycles. The molecule has 0 bridgehead atoms. The first-order chi connectivity index (χ1) is 8.97. The highest BCUT2D eigenvalue weighted by Gasteiger charge is 2.16. The fourth-order valence-corrected chi connectivity index (χ4v) is 3.04. The summed E-state index contributed by atoms with van der Waals surface area (Å²) in [4.78, 5) is 0. The summed E-state index contributed by atoms with van der Waals surface area (Å²) in [6.07, 6.45) is 0.538. The third-order valence-corrected chi connectivity index (χ3v) is 4.76. The van der Waals surface area contributed by atoms with Crippen LogP contribution in [0, 0.1) is 5.82 Å². The van der Waals surface area contributed by atoms with Crippen molar-refractivity contribution in [3.05, 3.63) is 67.3 Å². The van der Waals surface area contributed by atoms with Gasteiger partial charge in [-0.1, -0.05) is 39.7 Å². The van der Waals surface area contributed by atoms with Crippen molar-refractivity contribution < 1.29 is 4.39 Å². The minimum Gasteiger partial charge on any atom is -0.207 e. The van der Waals surface area contributed by atoms with Crippen molar-refractivity contribution in [3.63, 3.8) is 0 Å². The van der Waals surface area contributed by atoms with Gasteiger partial charge in [-0.3, -0.25) is 0 Å². The molecule has 100 valence electrons. The number of benzene rings is 2. The second-order valence-electron chi connectivity index (χ2n) is 4.09. The average Bonchev–Trinajstić information content (AvgIpc) is 2.33. The van der Waals surface area contributed by atoms with Crippen molar-refractivity contribution in [1.29, 1.82) is 0 Å². The van der Waals surface area contributed by atoms with Gasteiger partial charge >= 0.3 is 0 Å². The molecule has 0 nitrogen and oxygen atoms in total. The van der Waals surface area contributed by atoms with Gasteiger partial charge in [-0.15, -0.1) is 11.6 Å². The van der Waals surface area contributed by atoms with Crippen LogP contribution < -0.4 is 0 Å². The van der Waals surface area contributed by atoms with Gasteiger partial charge in [0.2, 0.25) is 0 Å². The first-order valence-electron chi connectivity index (χ1n) is 5.50. The van der Waals surface area contributed by atoms with E-state index in [9.17, 15) is 4.39 Å². The van der Waals surface area contributed by atoms with Crippen molar-refractivity contribution >= 4 is 55.1 Å². The molecule has 0 fully saturated rings. The summed E-state index contributed by atoms with van der Waals surface area (Å²) in [6, 6.07) is 10.7. The molecule has 1 unspecified atom stereocenters. The standard InChI is InChI=1S/C14H9Br2Cl2F/c15-9-3-1-2-8(4-9)5-12(17)10-6-13(18)11(16)7-14(10)19/h1-4,6-7,12H,5H2. The van der Waals surface area contributed by atoms with Crippen molar-refractivity contribution in [2.24, 2.45) is 0 Å². The van der Waals surface area contributed by atoms with E-state index in [1.54, 1.807) is 6.07 Å². The molecule has 0 aliphatic heterocycles. The Bertz CT molecular complexity index is 602. The van der Waals surface area contributed by atoms with Gasteiger partial charge in [0, 0.05) is 14.5 Å². The molecule has 0 saturated carbocycles. The molecule has 5 heteroatoms. The van der Waals surface area contributed by atoms with Gasteiger partial charge in [-0.05, 0) is 52.2 Å². The van der Waals surface area contributed by atoms with Crippen molar-refractivity contribution in [2.45, 2.75) is 11.8 Å². The summed E-state index contributed by atoms with van der Waals surface area (Å²) in [5.74, 6) is -0.355. The van der Waals surface area contributed by atoms with Crippen molar-refractivity contribution in [1.82, 2.24) is 0 Å². The fourth-order valence-electron chi connectivity index (χ4n) is 1.76. The summed E-state index contributed by atoms with van der Waals surface area (Å²) in [7, 11) is 0. The second-order valence-corrected chi connectivity index (χ2v) is 6.79. The summed E-state index contributed by atoms with van der Waals surface area (Å²) in [5, 5.41) is -0.00353. The molecule has 0 saturated heterocycles. The molecule has 0 heterocycles. The van der Waals surface area contributed by atoms with Gasteiger partial charge in [0.05, 0.1) is 10.4 Å². The molecule has 0 amide bonds. The maximum atomic E-state index is 13.9. The molecule has 19 heavy (non-hydrogen) atoms. The summed E-state index contributed by atoms with van der Waals surface area (Å²) < 4.78 is 15.4. The first kappa shape index (κ1) is 15.3. The van der Waals surface area contributed by atoms with Crippen LogP contribution in [0.2, 0.25) is 5.02 Å². The SMILES string of the molecule is Fc1cc(Br)c(Cl)cc1C(Cl)Cc1cccc(Br)c1. The van der Waals surface area contributed by atoms with Gasteiger partial charge < -0.3 is 0 Å². The summed E-state index contributed by atoms with van der Waals surface area (Å²) >= 11 is 18.9. The Morgan fingerprint density at radius 1 is 1.16 bits per heavy atom. The second kappa shape index (κ2) is 6.57. The summed E-state index contributed by atoms with van der Waals surface area (Å²) in [6.45, 7) is 0. The predicted octanol–water partition coefficient (Wildman–Crippen LogP) is 6.53. The van der Waals surface area contributed by atoms with Gasteiger partial charge in [0.15, 0.2) is 0 Å². The molecule has 2 rings (SSSR count). The van der Waals surface area contributed by atoms with E-state index in [0.29, 0.717) is 21.5 Å². The van der Waals surface area contributed by atoms with Crippen LogP contribution in [0.25, 0.3) is 0 Å². The zero-order valence-electron chi connectivity index (χ0n) is 9.64. The summed E-state index contributed by atoms with van der Waals surface area (Å²) in [5.41, 5.74) is 1.45. The van der Waals surface area contributed by atoms with E-state index in [1.807, 2.05) is 24.3 Å². The number of rotatable bonds is 3. The van der Waals surface area contributed by atoms with Gasteiger partial charge in [0.25, 0.3) is 0 Å². The first-order valence-corrected chi connectivity index (χ1v) is 7.90. The Hall–Kier alpha value is -0.0900. The molecular formula is C14H9Br2Cl2F. The highest BCUT2D eigenvalue weighted by Crippen LogP contribution is 2.33. The zero-order chi connectivity index (χ0) is 14.0. The van der Waals surface area contributed by atoms with Crippen LogP contribution >= 0.6 is 55.1 Å². The molecule has 0 spiro atoms. The van der Waals surface area contributed by atoms with Crippen molar-refractivity contribution in [3.8, 4) is 0 Å². The molecule has 0 N–H and O–H groups in total. The van der Waals surface area contributed by atoms with E-state index < -0.39 is 5.38 Å². The lowest BCUT2D eigenvalue weighted by Gasteiger charge is -2.12. The number of alkyl halides is 1. The molecular weight excluding hydrogens is 418 g/mol. The van der Waals surface area contributed by atoms with Crippen molar-refractivity contribution in [2.75, 3.05) is 0 Å². The van der Waals surface area contributed by atoms with Crippen LogP contribution in [-0.2, 0) is 6.42 Å². The minimum absolute atomic E-state index is 0.355. The molecule has 2 aromatic carbocycles. The van der Waals surface area contributed by atoms with Gasteiger partial charge in [0.1, 0.15) is 5.82 Å². The zero-order valence-corrected chi connectivity index (χ0v) is 14.3. The van der Waals surface area contributed by atoms with E-state index in [4.69, 9.17) is 23.2 Å². The van der Waals surface area contributed by atoms with Crippen LogP contribution in [-0.4, -0.2) is 0 Å².